The minimum absolute atomic E-state index is 0.103. The van der Waals surface area contributed by atoms with Crippen LogP contribution in [-0.4, -0.2) is 11.8 Å². The maximum atomic E-state index is 12.2. The van der Waals surface area contributed by atoms with Crippen molar-refractivity contribution in [3.63, 3.8) is 0 Å². The van der Waals surface area contributed by atoms with Crippen molar-refractivity contribution in [3.8, 4) is 11.3 Å². The summed E-state index contributed by atoms with van der Waals surface area (Å²) in [6, 6.07) is 10.6. The van der Waals surface area contributed by atoms with Crippen LogP contribution in [-0.2, 0) is 4.79 Å². The Hall–Kier alpha value is -2.56. The SMILES string of the molecule is NC(=O)c1ccc(-c2ccc(NC(=O)C3CCCCC3)cc2)o1. The number of nitrogens with one attached hydrogen (secondary N) is 1. The molecule has 0 radical (unpaired) electrons. The molecule has 2 amide bonds. The number of carbonyl (C=O) groups excluding carboxylic acids is 2. The Morgan fingerprint density at radius 1 is 1.00 bits per heavy atom. The highest BCUT2D eigenvalue weighted by Crippen LogP contribution is 2.26. The van der Waals surface area contributed by atoms with Gasteiger partial charge in [0.2, 0.25) is 5.91 Å². The summed E-state index contributed by atoms with van der Waals surface area (Å²) in [6.45, 7) is 0. The first-order chi connectivity index (χ1) is 11.1. The Morgan fingerprint density at radius 2 is 1.70 bits per heavy atom. The van der Waals surface area contributed by atoms with E-state index in [1.807, 2.05) is 24.3 Å². The third-order valence-corrected chi connectivity index (χ3v) is 4.26. The van der Waals surface area contributed by atoms with Gasteiger partial charge in [0.05, 0.1) is 0 Å². The van der Waals surface area contributed by atoms with E-state index in [9.17, 15) is 9.59 Å². The van der Waals surface area contributed by atoms with Gasteiger partial charge in [-0.1, -0.05) is 19.3 Å². The zero-order valence-electron chi connectivity index (χ0n) is 12.9. The van der Waals surface area contributed by atoms with Crippen molar-refractivity contribution in [2.75, 3.05) is 5.32 Å². The number of furan rings is 1. The molecule has 2 aromatic rings. The van der Waals surface area contributed by atoms with Gasteiger partial charge in [0.25, 0.3) is 5.91 Å². The van der Waals surface area contributed by atoms with E-state index in [0.29, 0.717) is 5.76 Å². The predicted octanol–water partition coefficient (Wildman–Crippen LogP) is 3.56. The number of anilines is 1. The van der Waals surface area contributed by atoms with Crippen molar-refractivity contribution in [1.29, 1.82) is 0 Å². The van der Waals surface area contributed by atoms with Gasteiger partial charge in [0.1, 0.15) is 5.76 Å². The third kappa shape index (κ3) is 3.62. The van der Waals surface area contributed by atoms with E-state index in [2.05, 4.69) is 5.32 Å². The van der Waals surface area contributed by atoms with Gasteiger partial charge < -0.3 is 15.5 Å². The second-order valence-corrected chi connectivity index (χ2v) is 5.93. The first-order valence-corrected chi connectivity index (χ1v) is 7.94. The molecule has 3 rings (SSSR count). The van der Waals surface area contributed by atoms with Crippen LogP contribution in [0.1, 0.15) is 42.7 Å². The van der Waals surface area contributed by atoms with E-state index in [1.54, 1.807) is 12.1 Å². The predicted molar refractivity (Wildman–Crippen MR) is 87.9 cm³/mol. The first kappa shape index (κ1) is 15.3. The molecule has 1 saturated carbocycles. The van der Waals surface area contributed by atoms with E-state index in [-0.39, 0.29) is 17.6 Å². The number of primary amides is 1. The fraction of sp³-hybridized carbons (Fsp3) is 0.333. The van der Waals surface area contributed by atoms with E-state index in [1.165, 1.54) is 6.42 Å². The Bertz CT molecular complexity index is 697. The van der Waals surface area contributed by atoms with Crippen molar-refractivity contribution < 1.29 is 14.0 Å². The lowest BCUT2D eigenvalue weighted by molar-refractivity contribution is -0.120. The molecular weight excluding hydrogens is 292 g/mol. The fourth-order valence-electron chi connectivity index (χ4n) is 2.95. The number of rotatable bonds is 4. The number of nitrogens with two attached hydrogens (primary N) is 1. The molecule has 5 nitrogen and oxygen atoms in total. The summed E-state index contributed by atoms with van der Waals surface area (Å²) in [6.07, 6.45) is 5.46. The van der Waals surface area contributed by atoms with E-state index < -0.39 is 5.91 Å². The summed E-state index contributed by atoms with van der Waals surface area (Å²) < 4.78 is 5.39. The lowest BCUT2D eigenvalue weighted by Gasteiger charge is -2.20. The number of benzene rings is 1. The molecule has 0 aliphatic heterocycles. The molecule has 5 heteroatoms. The maximum Gasteiger partial charge on any atom is 0.284 e. The van der Waals surface area contributed by atoms with Gasteiger partial charge in [-0.25, -0.2) is 0 Å². The molecule has 0 bridgehead atoms. The van der Waals surface area contributed by atoms with Crippen LogP contribution in [0.5, 0.6) is 0 Å². The van der Waals surface area contributed by atoms with Crippen LogP contribution < -0.4 is 11.1 Å². The molecule has 0 spiro atoms. The third-order valence-electron chi connectivity index (χ3n) is 4.26. The maximum absolute atomic E-state index is 12.2. The topological polar surface area (TPSA) is 85.3 Å². The van der Waals surface area contributed by atoms with Crippen LogP contribution in [0, 0.1) is 5.92 Å². The molecule has 1 heterocycles. The standard InChI is InChI=1S/C18H20N2O3/c19-17(21)16-11-10-15(23-16)12-6-8-14(9-7-12)20-18(22)13-4-2-1-3-5-13/h6-11,13H,1-5H2,(H2,19,21)(H,20,22). The summed E-state index contributed by atoms with van der Waals surface area (Å²) in [5.41, 5.74) is 6.77. The molecule has 1 aromatic heterocycles. The minimum atomic E-state index is -0.590. The van der Waals surface area contributed by atoms with Crippen LogP contribution >= 0.6 is 0 Å². The molecule has 0 atom stereocenters. The van der Waals surface area contributed by atoms with Crippen molar-refractivity contribution in [2.24, 2.45) is 11.7 Å². The molecule has 1 fully saturated rings. The van der Waals surface area contributed by atoms with Gasteiger partial charge in [0.15, 0.2) is 5.76 Å². The average Bonchev–Trinajstić information content (AvgIpc) is 3.07. The van der Waals surface area contributed by atoms with Gasteiger partial charge in [-0.05, 0) is 49.2 Å². The number of amides is 2. The van der Waals surface area contributed by atoms with Gasteiger partial charge in [-0.3, -0.25) is 9.59 Å². The van der Waals surface area contributed by atoms with E-state index in [4.69, 9.17) is 10.2 Å². The number of hydrogen-bond acceptors (Lipinski definition) is 3. The van der Waals surface area contributed by atoms with Gasteiger partial charge in [-0.2, -0.15) is 0 Å². The Morgan fingerprint density at radius 3 is 2.30 bits per heavy atom. The normalized spacial score (nSPS) is 15.3. The molecule has 23 heavy (non-hydrogen) atoms. The van der Waals surface area contributed by atoms with Gasteiger partial charge in [-0.15, -0.1) is 0 Å². The van der Waals surface area contributed by atoms with Gasteiger partial charge in [0, 0.05) is 17.2 Å². The summed E-state index contributed by atoms with van der Waals surface area (Å²) in [5.74, 6) is 0.351. The molecule has 0 saturated heterocycles. The van der Waals surface area contributed by atoms with Crippen molar-refractivity contribution in [2.45, 2.75) is 32.1 Å². The highest BCUT2D eigenvalue weighted by atomic mass is 16.3. The van der Waals surface area contributed by atoms with Crippen LogP contribution in [0.3, 0.4) is 0 Å². The summed E-state index contributed by atoms with van der Waals surface area (Å²) in [5, 5.41) is 2.97. The average molecular weight is 312 g/mol. The van der Waals surface area contributed by atoms with Crippen LogP contribution in [0.15, 0.2) is 40.8 Å². The molecular formula is C18H20N2O3. The zero-order chi connectivity index (χ0) is 16.2. The second-order valence-electron chi connectivity index (χ2n) is 5.93. The van der Waals surface area contributed by atoms with E-state index in [0.717, 1.165) is 36.9 Å². The second kappa shape index (κ2) is 6.69. The molecule has 1 aromatic carbocycles. The van der Waals surface area contributed by atoms with Crippen molar-refractivity contribution in [3.05, 3.63) is 42.2 Å². The number of hydrogen-bond donors (Lipinski definition) is 2. The summed E-state index contributed by atoms with van der Waals surface area (Å²) in [7, 11) is 0. The van der Waals surface area contributed by atoms with E-state index >= 15 is 0 Å². The lowest BCUT2D eigenvalue weighted by atomic mass is 9.88. The molecule has 3 N–H and O–H groups in total. The Kier molecular flexibility index (Phi) is 4.46. The summed E-state index contributed by atoms with van der Waals surface area (Å²) >= 11 is 0. The largest absolute Gasteiger partial charge is 0.451 e. The monoisotopic (exact) mass is 312 g/mol. The Balaban J connectivity index is 1.66. The lowest BCUT2D eigenvalue weighted by Crippen LogP contribution is -2.24. The van der Waals surface area contributed by atoms with Crippen LogP contribution in [0.25, 0.3) is 11.3 Å². The number of carbonyl (C=O) groups is 2. The van der Waals surface area contributed by atoms with Gasteiger partial charge >= 0.3 is 0 Å². The molecule has 1 aliphatic carbocycles. The van der Waals surface area contributed by atoms with Crippen LogP contribution in [0.2, 0.25) is 0 Å². The molecule has 120 valence electrons. The smallest absolute Gasteiger partial charge is 0.284 e. The highest BCUT2D eigenvalue weighted by Gasteiger charge is 2.21. The van der Waals surface area contributed by atoms with Crippen LogP contribution in [0.4, 0.5) is 5.69 Å². The molecule has 0 unspecified atom stereocenters. The minimum Gasteiger partial charge on any atom is -0.451 e. The molecule has 1 aliphatic rings. The highest BCUT2D eigenvalue weighted by molar-refractivity contribution is 5.93. The van der Waals surface area contributed by atoms with Crippen molar-refractivity contribution >= 4 is 17.5 Å². The summed E-state index contributed by atoms with van der Waals surface area (Å²) in [4.78, 5) is 23.3. The fourth-order valence-corrected chi connectivity index (χ4v) is 2.95. The zero-order valence-corrected chi connectivity index (χ0v) is 12.9. The quantitative estimate of drug-likeness (QED) is 0.905. The van der Waals surface area contributed by atoms with Crippen molar-refractivity contribution in [1.82, 2.24) is 0 Å². The Labute approximate surface area is 134 Å². The first-order valence-electron chi connectivity index (χ1n) is 7.94.